The molecule has 0 radical (unpaired) electrons. The monoisotopic (exact) mass is 467 g/mol. The average molecular weight is 468 g/mol. The van der Waals surface area contributed by atoms with E-state index >= 15 is 0 Å². The van der Waals surface area contributed by atoms with E-state index in [0.29, 0.717) is 24.6 Å². The number of methoxy groups -OCH3 is 1. The average Bonchev–Trinajstić information content (AvgIpc) is 2.85. The minimum absolute atomic E-state index is 0.0321. The van der Waals surface area contributed by atoms with Crippen molar-refractivity contribution in [3.05, 3.63) is 95.7 Å². The van der Waals surface area contributed by atoms with Crippen LogP contribution in [0.4, 0.5) is 28.8 Å². The van der Waals surface area contributed by atoms with Crippen molar-refractivity contribution >= 4 is 34.7 Å². The molecule has 4 rings (SSSR count). The predicted octanol–water partition coefficient (Wildman–Crippen LogP) is 6.16. The van der Waals surface area contributed by atoms with Crippen LogP contribution in [0.5, 0.6) is 5.75 Å². The number of anilines is 5. The van der Waals surface area contributed by atoms with Gasteiger partial charge >= 0.3 is 0 Å². The maximum atomic E-state index is 12.4. The second-order valence-corrected chi connectivity index (χ2v) is 8.31. The molecule has 0 spiro atoms. The minimum Gasteiger partial charge on any atom is -0.497 e. The highest BCUT2D eigenvalue weighted by atomic mass is 16.5. The summed E-state index contributed by atoms with van der Waals surface area (Å²) in [5.41, 5.74) is 5.67. The quantitative estimate of drug-likeness (QED) is 0.273. The molecule has 35 heavy (non-hydrogen) atoms. The summed E-state index contributed by atoms with van der Waals surface area (Å²) in [5, 5.41) is 9.49. The second kappa shape index (κ2) is 11.2. The first kappa shape index (κ1) is 23.8. The molecule has 0 aliphatic carbocycles. The summed E-state index contributed by atoms with van der Waals surface area (Å²) in [6, 6.07) is 25.3. The first-order chi connectivity index (χ1) is 17.0. The molecular weight excluding hydrogens is 438 g/mol. The highest BCUT2D eigenvalue weighted by Crippen LogP contribution is 2.21. The number of nitrogens with one attached hydrogen (secondary N) is 3. The molecule has 3 aromatic carbocycles. The molecule has 0 fully saturated rings. The van der Waals surface area contributed by atoms with Crippen LogP contribution >= 0.6 is 0 Å². The van der Waals surface area contributed by atoms with Crippen molar-refractivity contribution in [1.29, 1.82) is 0 Å². The smallest absolute Gasteiger partial charge is 0.229 e. The Balaban J connectivity index is 1.32. The summed E-state index contributed by atoms with van der Waals surface area (Å²) in [6.45, 7) is 3.98. The number of nitrogens with zero attached hydrogens (tertiary/aromatic N) is 2. The molecule has 3 N–H and O–H groups in total. The number of carbonyl (C=O) groups is 1. The van der Waals surface area contributed by atoms with E-state index in [-0.39, 0.29) is 5.91 Å². The van der Waals surface area contributed by atoms with E-state index in [1.165, 1.54) is 5.56 Å². The normalized spacial score (nSPS) is 10.5. The lowest BCUT2D eigenvalue weighted by Gasteiger charge is -2.11. The number of ether oxygens (including phenoxy) is 1. The Bertz CT molecular complexity index is 1270. The van der Waals surface area contributed by atoms with Gasteiger partial charge in [-0.2, -0.15) is 4.98 Å². The van der Waals surface area contributed by atoms with Gasteiger partial charge in [0, 0.05) is 35.2 Å². The molecule has 4 aromatic rings. The van der Waals surface area contributed by atoms with Crippen LogP contribution in [0.3, 0.4) is 0 Å². The zero-order valence-corrected chi connectivity index (χ0v) is 20.1. The maximum absolute atomic E-state index is 12.4. The molecule has 0 atom stereocenters. The van der Waals surface area contributed by atoms with Gasteiger partial charge in [-0.1, -0.05) is 29.8 Å². The molecule has 1 heterocycles. The number of rotatable bonds is 9. The van der Waals surface area contributed by atoms with Gasteiger partial charge in [-0.25, -0.2) is 4.98 Å². The van der Waals surface area contributed by atoms with Crippen molar-refractivity contribution in [2.45, 2.75) is 26.7 Å². The molecule has 0 bridgehead atoms. The summed E-state index contributed by atoms with van der Waals surface area (Å²) < 4.78 is 5.16. The van der Waals surface area contributed by atoms with Gasteiger partial charge in [0.1, 0.15) is 11.6 Å². The Kier molecular flexibility index (Phi) is 7.57. The van der Waals surface area contributed by atoms with Crippen LogP contribution in [-0.2, 0) is 11.2 Å². The van der Waals surface area contributed by atoms with Gasteiger partial charge in [-0.3, -0.25) is 4.79 Å². The van der Waals surface area contributed by atoms with Crippen LogP contribution in [0.15, 0.2) is 78.9 Å². The first-order valence-electron chi connectivity index (χ1n) is 11.5. The second-order valence-electron chi connectivity index (χ2n) is 8.31. The highest BCUT2D eigenvalue weighted by molar-refractivity contribution is 5.91. The number of carbonyl (C=O) groups excluding carboxylic acids is 1. The van der Waals surface area contributed by atoms with E-state index in [1.807, 2.05) is 73.7 Å². The fourth-order valence-electron chi connectivity index (χ4n) is 3.51. The fourth-order valence-corrected chi connectivity index (χ4v) is 3.51. The Morgan fingerprint density at radius 1 is 0.800 bits per heavy atom. The first-order valence-corrected chi connectivity index (χ1v) is 11.5. The molecule has 178 valence electrons. The van der Waals surface area contributed by atoms with Crippen LogP contribution in [-0.4, -0.2) is 23.0 Å². The fraction of sp³-hybridized carbons (Fsp3) is 0.179. The van der Waals surface area contributed by atoms with E-state index in [9.17, 15) is 4.79 Å². The lowest BCUT2D eigenvalue weighted by Crippen LogP contribution is -2.12. The molecule has 0 aliphatic rings. The van der Waals surface area contributed by atoms with Crippen molar-refractivity contribution in [1.82, 2.24) is 9.97 Å². The molecular formula is C28H29N5O2. The summed E-state index contributed by atoms with van der Waals surface area (Å²) in [4.78, 5) is 21.4. The van der Waals surface area contributed by atoms with E-state index in [1.54, 1.807) is 7.11 Å². The topological polar surface area (TPSA) is 88.2 Å². The van der Waals surface area contributed by atoms with Crippen molar-refractivity contribution in [3.63, 3.8) is 0 Å². The Labute approximate surface area is 205 Å². The third-order valence-electron chi connectivity index (χ3n) is 5.40. The van der Waals surface area contributed by atoms with Gasteiger partial charge in [-0.05, 0) is 74.4 Å². The molecule has 0 unspecified atom stereocenters. The van der Waals surface area contributed by atoms with Crippen LogP contribution in [0.1, 0.15) is 23.2 Å². The van der Waals surface area contributed by atoms with E-state index in [4.69, 9.17) is 4.74 Å². The number of benzene rings is 3. The lowest BCUT2D eigenvalue weighted by molar-refractivity contribution is -0.116. The third kappa shape index (κ3) is 7.04. The van der Waals surface area contributed by atoms with Crippen LogP contribution in [0.2, 0.25) is 0 Å². The summed E-state index contributed by atoms with van der Waals surface area (Å²) in [6.07, 6.45) is 1.07. The number of amides is 1. The number of hydrogen-bond acceptors (Lipinski definition) is 6. The zero-order valence-electron chi connectivity index (χ0n) is 20.1. The third-order valence-corrected chi connectivity index (χ3v) is 5.40. The van der Waals surface area contributed by atoms with Crippen LogP contribution in [0, 0.1) is 13.8 Å². The Morgan fingerprint density at radius 3 is 2.11 bits per heavy atom. The number of aryl methyl sites for hydroxylation is 3. The van der Waals surface area contributed by atoms with Crippen molar-refractivity contribution in [3.8, 4) is 5.75 Å². The van der Waals surface area contributed by atoms with Crippen LogP contribution < -0.4 is 20.7 Å². The molecule has 0 aliphatic heterocycles. The molecule has 0 saturated carbocycles. The predicted molar refractivity (Wildman–Crippen MR) is 141 cm³/mol. The SMILES string of the molecule is COc1ccc(CCC(=O)Nc2ccc(Nc3nc(C)cc(Nc4ccc(C)cc4)n3)cc2)cc1. The highest BCUT2D eigenvalue weighted by Gasteiger charge is 2.06. The largest absolute Gasteiger partial charge is 0.497 e. The molecule has 1 aromatic heterocycles. The lowest BCUT2D eigenvalue weighted by atomic mass is 10.1. The van der Waals surface area contributed by atoms with Crippen molar-refractivity contribution < 1.29 is 9.53 Å². The van der Waals surface area contributed by atoms with E-state index < -0.39 is 0 Å². The summed E-state index contributed by atoms with van der Waals surface area (Å²) in [5.74, 6) is 1.98. The van der Waals surface area contributed by atoms with Gasteiger partial charge in [-0.15, -0.1) is 0 Å². The minimum atomic E-state index is -0.0321. The number of hydrogen-bond donors (Lipinski definition) is 3. The van der Waals surface area contributed by atoms with Gasteiger partial charge in [0.05, 0.1) is 7.11 Å². The summed E-state index contributed by atoms with van der Waals surface area (Å²) >= 11 is 0. The van der Waals surface area contributed by atoms with Crippen LogP contribution in [0.25, 0.3) is 0 Å². The van der Waals surface area contributed by atoms with Gasteiger partial charge in [0.25, 0.3) is 0 Å². The van der Waals surface area contributed by atoms with Gasteiger partial charge < -0.3 is 20.7 Å². The zero-order chi connectivity index (χ0) is 24.6. The Hall–Kier alpha value is -4.39. The van der Waals surface area contributed by atoms with E-state index in [2.05, 4.69) is 45.0 Å². The molecule has 7 heteroatoms. The van der Waals surface area contributed by atoms with Gasteiger partial charge in [0.2, 0.25) is 11.9 Å². The van der Waals surface area contributed by atoms with E-state index in [0.717, 1.165) is 34.1 Å². The van der Waals surface area contributed by atoms with Crippen molar-refractivity contribution in [2.75, 3.05) is 23.1 Å². The molecule has 7 nitrogen and oxygen atoms in total. The maximum Gasteiger partial charge on any atom is 0.229 e. The number of aromatic nitrogens is 2. The Morgan fingerprint density at radius 2 is 1.43 bits per heavy atom. The molecule has 1 amide bonds. The van der Waals surface area contributed by atoms with Gasteiger partial charge in [0.15, 0.2) is 0 Å². The summed E-state index contributed by atoms with van der Waals surface area (Å²) in [7, 11) is 1.64. The standard InChI is InChI=1S/C28H29N5O2/c1-19-4-9-22(10-5-19)30-26-18-20(2)29-28(33-26)32-24-13-11-23(12-14-24)31-27(34)17-8-21-6-15-25(35-3)16-7-21/h4-7,9-16,18H,8,17H2,1-3H3,(H,31,34)(H2,29,30,32,33). The van der Waals surface area contributed by atoms with Crippen molar-refractivity contribution in [2.24, 2.45) is 0 Å². The molecule has 0 saturated heterocycles.